The maximum absolute atomic E-state index is 11.0. The van der Waals surface area contributed by atoms with Gasteiger partial charge in [0.15, 0.2) is 11.5 Å². The molecule has 1 aromatic carbocycles. The van der Waals surface area contributed by atoms with Crippen molar-refractivity contribution in [3.63, 3.8) is 0 Å². The predicted octanol–water partition coefficient (Wildman–Crippen LogP) is 2.09. The molecule has 0 aliphatic heterocycles. The summed E-state index contributed by atoms with van der Waals surface area (Å²) in [6.07, 6.45) is 2.11. The second-order valence-corrected chi connectivity index (χ2v) is 3.39. The van der Waals surface area contributed by atoms with Crippen LogP contribution in [0, 0.1) is 10.1 Å². The lowest BCUT2D eigenvalue weighted by Gasteiger charge is -2.08. The maximum atomic E-state index is 11.0. The lowest BCUT2D eigenvalue weighted by atomic mass is 10.2. The van der Waals surface area contributed by atoms with Gasteiger partial charge in [-0.05, 0) is 17.7 Å². The van der Waals surface area contributed by atoms with Crippen LogP contribution in [0.3, 0.4) is 0 Å². The minimum absolute atomic E-state index is 0.210. The first kappa shape index (κ1) is 14.0. The number of carbonyl (C=O) groups is 1. The van der Waals surface area contributed by atoms with E-state index in [0.29, 0.717) is 11.3 Å². The summed E-state index contributed by atoms with van der Waals surface area (Å²) in [7, 11) is 1.40. The summed E-state index contributed by atoms with van der Waals surface area (Å²) in [4.78, 5) is 20.6. The standard InChI is InChI=1S/C11H10ClNO5/c1-17-10-6-8(4-5-13(15)16)2-3-9(10)18-11(14)7-12/h2-6H,7H2,1H3/b5-4+. The molecular weight excluding hydrogens is 262 g/mol. The Morgan fingerprint density at radius 2 is 2.22 bits per heavy atom. The zero-order valence-electron chi connectivity index (χ0n) is 9.46. The van der Waals surface area contributed by atoms with E-state index in [4.69, 9.17) is 21.1 Å². The number of alkyl halides is 1. The lowest BCUT2D eigenvalue weighted by molar-refractivity contribution is -0.400. The quantitative estimate of drug-likeness (QED) is 0.269. The number of benzene rings is 1. The summed E-state index contributed by atoms with van der Waals surface area (Å²) in [6, 6.07) is 4.54. The Morgan fingerprint density at radius 1 is 1.50 bits per heavy atom. The average Bonchev–Trinajstić information content (AvgIpc) is 2.37. The first-order valence-corrected chi connectivity index (χ1v) is 5.36. The van der Waals surface area contributed by atoms with E-state index in [1.165, 1.54) is 25.3 Å². The zero-order valence-corrected chi connectivity index (χ0v) is 10.2. The van der Waals surface area contributed by atoms with Gasteiger partial charge in [0.05, 0.1) is 12.0 Å². The third-order valence-corrected chi connectivity index (χ3v) is 2.13. The number of hydrogen-bond donors (Lipinski definition) is 0. The van der Waals surface area contributed by atoms with E-state index in [1.807, 2.05) is 0 Å². The third-order valence-electron chi connectivity index (χ3n) is 1.91. The van der Waals surface area contributed by atoms with Gasteiger partial charge in [0.1, 0.15) is 5.88 Å². The number of hydrogen-bond acceptors (Lipinski definition) is 5. The van der Waals surface area contributed by atoms with E-state index < -0.39 is 10.9 Å². The number of carbonyl (C=O) groups excluding carboxylic acids is 1. The topological polar surface area (TPSA) is 78.7 Å². The van der Waals surface area contributed by atoms with Gasteiger partial charge in [0, 0.05) is 6.08 Å². The summed E-state index contributed by atoms with van der Waals surface area (Å²) < 4.78 is 9.93. The highest BCUT2D eigenvalue weighted by molar-refractivity contribution is 6.26. The fraction of sp³-hybridized carbons (Fsp3) is 0.182. The Labute approximate surface area is 108 Å². The van der Waals surface area contributed by atoms with Crippen molar-refractivity contribution >= 4 is 23.6 Å². The SMILES string of the molecule is COc1cc(/C=C/[N+](=O)[O-])ccc1OC(=O)CCl. The average molecular weight is 272 g/mol. The number of ether oxygens (including phenoxy) is 2. The van der Waals surface area contributed by atoms with Gasteiger partial charge < -0.3 is 9.47 Å². The largest absolute Gasteiger partial charge is 0.493 e. The van der Waals surface area contributed by atoms with Gasteiger partial charge in [-0.3, -0.25) is 14.9 Å². The molecule has 18 heavy (non-hydrogen) atoms. The molecule has 0 aliphatic carbocycles. The Balaban J connectivity index is 2.96. The van der Waals surface area contributed by atoms with Crippen molar-refractivity contribution in [2.75, 3.05) is 13.0 Å². The number of nitrogens with zero attached hydrogens (tertiary/aromatic N) is 1. The van der Waals surface area contributed by atoms with Crippen LogP contribution in [-0.2, 0) is 4.79 Å². The van der Waals surface area contributed by atoms with Crippen molar-refractivity contribution in [2.24, 2.45) is 0 Å². The van der Waals surface area contributed by atoms with Crippen molar-refractivity contribution in [2.45, 2.75) is 0 Å². The fourth-order valence-electron chi connectivity index (χ4n) is 1.17. The number of halogens is 1. The van der Waals surface area contributed by atoms with Crippen LogP contribution >= 0.6 is 11.6 Å². The molecule has 0 heterocycles. The monoisotopic (exact) mass is 271 g/mol. The van der Waals surface area contributed by atoms with Gasteiger partial charge in [0.25, 0.3) is 0 Å². The maximum Gasteiger partial charge on any atom is 0.326 e. The van der Waals surface area contributed by atoms with E-state index in [0.717, 1.165) is 6.20 Å². The van der Waals surface area contributed by atoms with Crippen LogP contribution in [0.15, 0.2) is 24.4 Å². The van der Waals surface area contributed by atoms with Gasteiger partial charge >= 0.3 is 5.97 Å². The van der Waals surface area contributed by atoms with Gasteiger partial charge in [0.2, 0.25) is 6.20 Å². The Kier molecular flexibility index (Phi) is 5.13. The highest BCUT2D eigenvalue weighted by Gasteiger charge is 2.09. The highest BCUT2D eigenvalue weighted by Crippen LogP contribution is 2.28. The van der Waals surface area contributed by atoms with Gasteiger partial charge in [-0.1, -0.05) is 6.07 Å². The molecule has 0 bridgehead atoms. The molecule has 0 saturated carbocycles. The molecule has 0 saturated heterocycles. The molecule has 0 aromatic heterocycles. The van der Waals surface area contributed by atoms with Crippen LogP contribution in [0.4, 0.5) is 0 Å². The number of esters is 1. The molecule has 1 aromatic rings. The Hall–Kier alpha value is -2.08. The summed E-state index contributed by atoms with van der Waals surface area (Å²) in [6.45, 7) is 0. The summed E-state index contributed by atoms with van der Waals surface area (Å²) in [5, 5.41) is 10.2. The first-order chi connectivity index (χ1) is 8.56. The Bertz CT molecular complexity index is 486. The first-order valence-electron chi connectivity index (χ1n) is 4.83. The van der Waals surface area contributed by atoms with Crippen LogP contribution in [0.1, 0.15) is 5.56 Å². The minimum Gasteiger partial charge on any atom is -0.493 e. The molecule has 96 valence electrons. The fourth-order valence-corrected chi connectivity index (χ4v) is 1.22. The molecule has 6 nitrogen and oxygen atoms in total. The van der Waals surface area contributed by atoms with E-state index in [-0.39, 0.29) is 11.6 Å². The molecule has 1 rings (SSSR count). The van der Waals surface area contributed by atoms with Gasteiger partial charge in [-0.25, -0.2) is 0 Å². The molecule has 7 heteroatoms. The van der Waals surface area contributed by atoms with E-state index in [1.54, 1.807) is 6.07 Å². The van der Waals surface area contributed by atoms with Crippen LogP contribution in [0.25, 0.3) is 6.08 Å². The van der Waals surface area contributed by atoms with Gasteiger partial charge in [-0.2, -0.15) is 0 Å². The summed E-state index contributed by atoms with van der Waals surface area (Å²) >= 11 is 5.31. The molecule has 0 fully saturated rings. The lowest BCUT2D eigenvalue weighted by Crippen LogP contribution is -2.09. The normalized spacial score (nSPS) is 10.3. The van der Waals surface area contributed by atoms with Crippen molar-refractivity contribution in [3.8, 4) is 11.5 Å². The number of nitro groups is 1. The van der Waals surface area contributed by atoms with Gasteiger partial charge in [-0.15, -0.1) is 11.6 Å². The van der Waals surface area contributed by atoms with Crippen molar-refractivity contribution in [1.29, 1.82) is 0 Å². The zero-order chi connectivity index (χ0) is 13.5. The summed E-state index contributed by atoms with van der Waals surface area (Å²) in [5.41, 5.74) is 0.550. The molecule has 0 aliphatic rings. The third kappa shape index (κ3) is 4.06. The minimum atomic E-state index is -0.608. The van der Waals surface area contributed by atoms with E-state index in [2.05, 4.69) is 0 Å². The molecule has 0 unspecified atom stereocenters. The molecule has 0 atom stereocenters. The van der Waals surface area contributed by atoms with E-state index >= 15 is 0 Å². The summed E-state index contributed by atoms with van der Waals surface area (Å²) in [5.74, 6) is -0.379. The van der Waals surface area contributed by atoms with Crippen molar-refractivity contribution < 1.29 is 19.2 Å². The van der Waals surface area contributed by atoms with Crippen LogP contribution in [-0.4, -0.2) is 23.9 Å². The van der Waals surface area contributed by atoms with Crippen molar-refractivity contribution in [3.05, 3.63) is 40.1 Å². The Morgan fingerprint density at radius 3 is 2.78 bits per heavy atom. The van der Waals surface area contributed by atoms with Crippen LogP contribution in [0.5, 0.6) is 11.5 Å². The number of methoxy groups -OCH3 is 1. The smallest absolute Gasteiger partial charge is 0.326 e. The van der Waals surface area contributed by atoms with Crippen molar-refractivity contribution in [1.82, 2.24) is 0 Å². The molecular formula is C11H10ClNO5. The second kappa shape index (κ2) is 6.61. The van der Waals surface area contributed by atoms with Crippen LogP contribution < -0.4 is 9.47 Å². The number of rotatable bonds is 5. The molecule has 0 amide bonds. The van der Waals surface area contributed by atoms with E-state index in [9.17, 15) is 14.9 Å². The second-order valence-electron chi connectivity index (χ2n) is 3.12. The van der Waals surface area contributed by atoms with Crippen LogP contribution in [0.2, 0.25) is 0 Å². The molecule has 0 radical (unpaired) electrons. The molecule has 0 spiro atoms. The highest BCUT2D eigenvalue weighted by atomic mass is 35.5. The predicted molar refractivity (Wildman–Crippen MR) is 65.4 cm³/mol. The molecule has 0 N–H and O–H groups in total.